The summed E-state index contributed by atoms with van der Waals surface area (Å²) >= 11 is 0. The molecule has 0 saturated heterocycles. The van der Waals surface area contributed by atoms with Crippen molar-refractivity contribution in [1.29, 1.82) is 0 Å². The third-order valence-corrected chi connectivity index (χ3v) is 4.38. The minimum Gasteiger partial charge on any atom is -0.362 e. The van der Waals surface area contributed by atoms with E-state index in [1.54, 1.807) is 6.20 Å². The van der Waals surface area contributed by atoms with Crippen LogP contribution in [-0.2, 0) is 32.5 Å². The van der Waals surface area contributed by atoms with E-state index >= 15 is 0 Å². The second-order valence-corrected chi connectivity index (χ2v) is 11.1. The van der Waals surface area contributed by atoms with Crippen LogP contribution < -0.4 is 0 Å². The molecular formula is C13H19N2OSiW-. The van der Waals surface area contributed by atoms with Crippen molar-refractivity contribution < 1.29 is 25.8 Å². The number of aromatic nitrogens is 2. The molecule has 98 valence electrons. The van der Waals surface area contributed by atoms with Crippen LogP contribution in [-0.4, -0.2) is 24.2 Å². The Morgan fingerprint density at radius 2 is 2.17 bits per heavy atom. The quantitative estimate of drug-likeness (QED) is 0.413. The van der Waals surface area contributed by atoms with Gasteiger partial charge in [-0.15, -0.1) is 23.6 Å². The molecule has 3 nitrogen and oxygen atoms in total. The molecular weight excluding hydrogens is 412 g/mol. The summed E-state index contributed by atoms with van der Waals surface area (Å²) in [5.74, 6) is 0. The average molecular weight is 431 g/mol. The molecule has 0 aliphatic heterocycles. The number of pyridine rings is 1. The van der Waals surface area contributed by atoms with Gasteiger partial charge in [-0.1, -0.05) is 25.8 Å². The predicted octanol–water partition coefficient (Wildman–Crippen LogP) is 3.15. The van der Waals surface area contributed by atoms with Crippen LogP contribution in [0.25, 0.3) is 11.0 Å². The van der Waals surface area contributed by atoms with Gasteiger partial charge >= 0.3 is 0 Å². The molecule has 18 heavy (non-hydrogen) atoms. The van der Waals surface area contributed by atoms with Crippen molar-refractivity contribution >= 4 is 19.1 Å². The summed E-state index contributed by atoms with van der Waals surface area (Å²) in [5, 5.41) is 1.04. The normalized spacial score (nSPS) is 11.5. The Balaban J connectivity index is 0.00000162. The first-order valence-electron chi connectivity index (χ1n) is 5.95. The Bertz CT molecular complexity index is 493. The Hall–Kier alpha value is -0.445. The Morgan fingerprint density at radius 3 is 2.89 bits per heavy atom. The number of fused-ring (bicyclic) bond motifs is 1. The maximum Gasteiger partial charge on any atom is 0.115 e. The van der Waals surface area contributed by atoms with Crippen molar-refractivity contribution in [2.45, 2.75) is 32.4 Å². The van der Waals surface area contributed by atoms with Crippen LogP contribution in [0.3, 0.4) is 0 Å². The van der Waals surface area contributed by atoms with Gasteiger partial charge in [-0.25, -0.2) is 0 Å². The topological polar surface area (TPSA) is 27.1 Å². The van der Waals surface area contributed by atoms with Gasteiger partial charge in [0, 0.05) is 41.4 Å². The minimum atomic E-state index is -0.989. The fraction of sp³-hybridized carbons (Fsp3) is 0.462. The number of nitrogens with zero attached hydrogens (tertiary/aromatic N) is 2. The molecule has 5 heteroatoms. The van der Waals surface area contributed by atoms with Crippen LogP contribution in [0.15, 0.2) is 24.5 Å². The number of ether oxygens (including phenoxy) is 1. The van der Waals surface area contributed by atoms with Gasteiger partial charge in [0.05, 0.1) is 0 Å². The fourth-order valence-electron chi connectivity index (χ4n) is 1.60. The molecule has 0 atom stereocenters. The molecule has 2 rings (SSSR count). The van der Waals surface area contributed by atoms with E-state index in [9.17, 15) is 0 Å². The summed E-state index contributed by atoms with van der Waals surface area (Å²) in [6.07, 6.45) is 3.77. The smallest absolute Gasteiger partial charge is 0.115 e. The SMILES string of the molecule is C[Si](C)(C)CCOCn1ccc2[c-]ccnc21.[W]. The molecule has 0 fully saturated rings. The van der Waals surface area contributed by atoms with E-state index in [1.807, 2.05) is 22.9 Å². The van der Waals surface area contributed by atoms with Gasteiger partial charge in [-0.3, -0.25) is 0 Å². The van der Waals surface area contributed by atoms with E-state index in [-0.39, 0.29) is 21.1 Å². The van der Waals surface area contributed by atoms with Crippen LogP contribution >= 0.6 is 0 Å². The van der Waals surface area contributed by atoms with E-state index in [2.05, 4.69) is 30.7 Å². The third-order valence-electron chi connectivity index (χ3n) is 2.67. The van der Waals surface area contributed by atoms with Gasteiger partial charge in [0.2, 0.25) is 0 Å². The third kappa shape index (κ3) is 4.34. The summed E-state index contributed by atoms with van der Waals surface area (Å²) in [5.41, 5.74) is 0.945. The summed E-state index contributed by atoms with van der Waals surface area (Å²) in [7, 11) is -0.989. The van der Waals surface area contributed by atoms with Crippen LogP contribution in [0.2, 0.25) is 25.7 Å². The zero-order chi connectivity index (χ0) is 12.3. The van der Waals surface area contributed by atoms with Crippen LogP contribution in [0, 0.1) is 6.07 Å². The summed E-state index contributed by atoms with van der Waals surface area (Å²) < 4.78 is 7.73. The average Bonchev–Trinajstić information content (AvgIpc) is 2.67. The van der Waals surface area contributed by atoms with Crippen molar-refractivity contribution in [1.82, 2.24) is 9.55 Å². The first-order valence-corrected chi connectivity index (χ1v) is 9.66. The summed E-state index contributed by atoms with van der Waals surface area (Å²) in [4.78, 5) is 4.33. The maximum atomic E-state index is 5.71. The van der Waals surface area contributed by atoms with Crippen molar-refractivity contribution in [2.24, 2.45) is 0 Å². The van der Waals surface area contributed by atoms with E-state index in [1.165, 1.54) is 6.04 Å². The number of hydrogen-bond acceptors (Lipinski definition) is 2. The standard InChI is InChI=1S/C13H19N2OSi.W/c1-17(2,3)10-9-16-11-15-8-6-12-5-4-7-14-13(12)15;/h4,6-8H,9-11H2,1-3H3;/q-1;. The van der Waals surface area contributed by atoms with Crippen LogP contribution in [0.1, 0.15) is 0 Å². The molecule has 0 amide bonds. The minimum absolute atomic E-state index is 0. The van der Waals surface area contributed by atoms with E-state index in [4.69, 9.17) is 4.74 Å². The predicted molar refractivity (Wildman–Crippen MR) is 72.7 cm³/mol. The van der Waals surface area contributed by atoms with Crippen molar-refractivity contribution in [3.8, 4) is 0 Å². The van der Waals surface area contributed by atoms with Crippen LogP contribution in [0.4, 0.5) is 0 Å². The zero-order valence-electron chi connectivity index (χ0n) is 11.1. The van der Waals surface area contributed by atoms with Crippen molar-refractivity contribution in [3.63, 3.8) is 0 Å². The summed E-state index contributed by atoms with van der Waals surface area (Å²) in [6.45, 7) is 8.50. The van der Waals surface area contributed by atoms with E-state index in [0.717, 1.165) is 17.6 Å². The Kier molecular flexibility index (Phi) is 5.76. The molecule has 0 aromatic carbocycles. The maximum absolute atomic E-state index is 5.71. The number of hydrogen-bond donors (Lipinski definition) is 0. The molecule has 0 aliphatic carbocycles. The molecule has 0 saturated carbocycles. The van der Waals surface area contributed by atoms with E-state index in [0.29, 0.717) is 6.73 Å². The molecule has 0 unspecified atom stereocenters. The van der Waals surface area contributed by atoms with Gasteiger partial charge in [-0.05, 0) is 12.2 Å². The Labute approximate surface area is 124 Å². The second-order valence-electron chi connectivity index (χ2n) is 5.46. The molecule has 0 N–H and O–H groups in total. The number of rotatable bonds is 5. The zero-order valence-corrected chi connectivity index (χ0v) is 15.1. The van der Waals surface area contributed by atoms with Gasteiger partial charge in [0.25, 0.3) is 0 Å². The van der Waals surface area contributed by atoms with Gasteiger partial charge in [-0.2, -0.15) is 0 Å². The molecule has 2 aromatic heterocycles. The summed E-state index contributed by atoms with van der Waals surface area (Å²) in [6, 6.07) is 8.20. The first-order chi connectivity index (χ1) is 8.06. The van der Waals surface area contributed by atoms with Crippen molar-refractivity contribution in [3.05, 3.63) is 30.6 Å². The van der Waals surface area contributed by atoms with Gasteiger partial charge in [0.15, 0.2) is 0 Å². The molecule has 2 heterocycles. The fourth-order valence-corrected chi connectivity index (χ4v) is 2.36. The van der Waals surface area contributed by atoms with Gasteiger partial charge in [0.1, 0.15) is 6.73 Å². The van der Waals surface area contributed by atoms with Crippen molar-refractivity contribution in [2.75, 3.05) is 6.61 Å². The first kappa shape index (κ1) is 15.6. The monoisotopic (exact) mass is 431 g/mol. The van der Waals surface area contributed by atoms with Crippen LogP contribution in [0.5, 0.6) is 0 Å². The molecule has 0 bridgehead atoms. The Morgan fingerprint density at radius 1 is 1.39 bits per heavy atom. The molecule has 2 aromatic rings. The van der Waals surface area contributed by atoms with E-state index < -0.39 is 8.07 Å². The molecule has 0 radical (unpaired) electrons. The van der Waals surface area contributed by atoms with Gasteiger partial charge < -0.3 is 14.3 Å². The second kappa shape index (κ2) is 6.64. The largest absolute Gasteiger partial charge is 0.362 e. The molecule has 0 spiro atoms. The molecule has 0 aliphatic rings.